The molecule has 2 N–H and O–H groups in total. The fraction of sp³-hybridized carbons (Fsp3) is 0.333. The Labute approximate surface area is 246 Å². The van der Waals surface area contributed by atoms with Crippen LogP contribution < -0.4 is 10.1 Å². The summed E-state index contributed by atoms with van der Waals surface area (Å²) in [6.45, 7) is 1.96. The fourth-order valence-electron chi connectivity index (χ4n) is 4.50. The van der Waals surface area contributed by atoms with Crippen LogP contribution in [0.5, 0.6) is 5.75 Å². The average molecular weight is 628 g/mol. The number of hydrogen-bond donors (Lipinski definition) is 2. The molecule has 0 unspecified atom stereocenters. The lowest BCUT2D eigenvalue weighted by atomic mass is 10.0. The number of benzene rings is 2. The van der Waals surface area contributed by atoms with Crippen molar-refractivity contribution >= 4 is 62.2 Å². The van der Waals surface area contributed by atoms with Crippen molar-refractivity contribution in [3.8, 4) is 16.2 Å². The molecule has 0 saturated carbocycles. The van der Waals surface area contributed by atoms with E-state index in [4.69, 9.17) is 37.8 Å². The third kappa shape index (κ3) is 7.08. The highest BCUT2D eigenvalue weighted by atomic mass is 35.5. The molecule has 0 bridgehead atoms. The van der Waals surface area contributed by atoms with Crippen LogP contribution in [0.1, 0.15) is 33.6 Å². The van der Waals surface area contributed by atoms with Crippen LogP contribution in [0.15, 0.2) is 42.5 Å². The van der Waals surface area contributed by atoms with E-state index in [0.29, 0.717) is 47.1 Å². The monoisotopic (exact) mass is 626 g/mol. The van der Waals surface area contributed by atoms with Crippen LogP contribution in [0.4, 0.5) is 5.69 Å². The first-order chi connectivity index (χ1) is 19.0. The number of methoxy groups -OCH3 is 1. The second-order valence-corrected chi connectivity index (χ2v) is 13.1. The van der Waals surface area contributed by atoms with Gasteiger partial charge in [0.2, 0.25) is 10.0 Å². The Morgan fingerprint density at radius 1 is 1.12 bits per heavy atom. The van der Waals surface area contributed by atoms with Crippen LogP contribution in [-0.2, 0) is 25.3 Å². The maximum atomic E-state index is 13.0. The Hall–Kier alpha value is -2.83. The molecule has 4 rings (SSSR count). The lowest BCUT2D eigenvalue weighted by Gasteiger charge is -2.32. The van der Waals surface area contributed by atoms with Crippen molar-refractivity contribution in [2.45, 2.75) is 31.6 Å². The Balaban J connectivity index is 1.43. The van der Waals surface area contributed by atoms with Crippen molar-refractivity contribution in [3.05, 3.63) is 68.5 Å². The molecule has 2 aromatic carbocycles. The van der Waals surface area contributed by atoms with Gasteiger partial charge in [0.05, 0.1) is 22.9 Å². The van der Waals surface area contributed by atoms with Crippen molar-refractivity contribution in [1.29, 1.82) is 0 Å². The summed E-state index contributed by atoms with van der Waals surface area (Å²) in [5.41, 5.74) is 2.89. The summed E-state index contributed by atoms with van der Waals surface area (Å²) < 4.78 is 37.8. The first-order valence-corrected chi connectivity index (χ1v) is 15.5. The molecule has 0 spiro atoms. The van der Waals surface area contributed by atoms with Gasteiger partial charge in [-0.3, -0.25) is 0 Å². The number of nitrogens with zero attached hydrogens (tertiary/aromatic N) is 1. The van der Waals surface area contributed by atoms with Crippen LogP contribution in [0.25, 0.3) is 10.4 Å². The van der Waals surface area contributed by atoms with E-state index in [1.165, 1.54) is 22.8 Å². The Kier molecular flexibility index (Phi) is 9.63. The second kappa shape index (κ2) is 12.8. The predicted octanol–water partition coefficient (Wildman–Crippen LogP) is 5.69. The van der Waals surface area contributed by atoms with Gasteiger partial charge >= 0.3 is 11.9 Å². The molecule has 0 atom stereocenters. The van der Waals surface area contributed by atoms with Gasteiger partial charge in [-0.25, -0.2) is 22.3 Å². The summed E-state index contributed by atoms with van der Waals surface area (Å²) in [5, 5.41) is 13.2. The molecule has 13 heteroatoms. The minimum absolute atomic E-state index is 0.0659. The number of halogens is 2. The van der Waals surface area contributed by atoms with E-state index in [0.717, 1.165) is 16.1 Å². The molecule has 0 aliphatic carbocycles. The molecule has 9 nitrogen and oxygen atoms in total. The number of carboxylic acid groups (broad SMARTS) is 1. The van der Waals surface area contributed by atoms with Gasteiger partial charge in [0.1, 0.15) is 5.75 Å². The number of ether oxygens (including phenoxy) is 2. The number of rotatable bonds is 10. The number of carbonyl (C=O) groups excluding carboxylic acids is 1. The van der Waals surface area contributed by atoms with Gasteiger partial charge in [-0.05, 0) is 55.2 Å². The molecule has 214 valence electrons. The average Bonchev–Trinajstić information content (AvgIpc) is 3.25. The molecule has 3 aromatic rings. The first-order valence-electron chi connectivity index (χ1n) is 12.3. The van der Waals surface area contributed by atoms with Crippen LogP contribution in [0, 0.1) is 6.92 Å². The van der Waals surface area contributed by atoms with Gasteiger partial charge in [0.15, 0.2) is 11.5 Å². The summed E-state index contributed by atoms with van der Waals surface area (Å²) in [5.74, 6) is -1.70. The summed E-state index contributed by atoms with van der Waals surface area (Å²) in [6.07, 6.45) is 1.26. The smallest absolute Gasteiger partial charge is 0.351 e. The van der Waals surface area contributed by atoms with Crippen molar-refractivity contribution in [1.82, 2.24) is 4.31 Å². The molecule has 1 fully saturated rings. The van der Waals surface area contributed by atoms with E-state index in [-0.39, 0.29) is 22.4 Å². The molecule has 2 heterocycles. The molecule has 0 radical (unpaired) electrons. The molecule has 0 amide bonds. The molecule has 1 aliphatic rings. The van der Waals surface area contributed by atoms with Crippen LogP contribution in [0.3, 0.4) is 0 Å². The maximum absolute atomic E-state index is 13.0. The number of anilines is 1. The standard InChI is InChI=1S/C27H28Cl2N2O7S2/c1-16-24(38-14-23(32)33)26(27(34)37-2)39-25(16)18-4-3-5-20(13-18)30-19-8-10-31(11-9-19)40(35,36)15-17-6-7-21(28)22(29)12-17/h3-7,12-13,19,30H,8-11,14-15H2,1-2H3,(H,32,33). The molecular weight excluding hydrogens is 599 g/mol. The SMILES string of the molecule is COC(=O)c1sc(-c2cccc(NC3CCN(S(=O)(=O)Cc4ccc(Cl)c(Cl)c4)CC3)c2)c(C)c1OCC(=O)O. The Morgan fingerprint density at radius 2 is 1.85 bits per heavy atom. The number of aliphatic carboxylic acids is 1. The van der Waals surface area contributed by atoms with Gasteiger partial charge in [0.25, 0.3) is 0 Å². The van der Waals surface area contributed by atoms with Gasteiger partial charge in [-0.15, -0.1) is 11.3 Å². The quantitative estimate of drug-likeness (QED) is 0.275. The van der Waals surface area contributed by atoms with Crippen molar-refractivity contribution in [3.63, 3.8) is 0 Å². The van der Waals surface area contributed by atoms with Crippen LogP contribution >= 0.6 is 34.5 Å². The first kappa shape index (κ1) is 30.1. The zero-order valence-electron chi connectivity index (χ0n) is 21.8. The van der Waals surface area contributed by atoms with Gasteiger partial charge in [-0.1, -0.05) is 41.4 Å². The van der Waals surface area contributed by atoms with Gasteiger partial charge in [-0.2, -0.15) is 0 Å². The predicted molar refractivity (Wildman–Crippen MR) is 156 cm³/mol. The van der Waals surface area contributed by atoms with Gasteiger partial charge in [0, 0.05) is 35.3 Å². The minimum Gasteiger partial charge on any atom is -0.480 e. The van der Waals surface area contributed by atoms with E-state index in [9.17, 15) is 18.0 Å². The largest absolute Gasteiger partial charge is 0.480 e. The molecular formula is C27H28Cl2N2O7S2. The summed E-state index contributed by atoms with van der Waals surface area (Å²) in [4.78, 5) is 24.3. The normalized spacial score (nSPS) is 14.6. The zero-order chi connectivity index (χ0) is 29.0. The summed E-state index contributed by atoms with van der Waals surface area (Å²) in [7, 11) is -2.26. The molecule has 40 heavy (non-hydrogen) atoms. The van der Waals surface area contributed by atoms with E-state index in [1.54, 1.807) is 25.1 Å². The Bertz CT molecular complexity index is 1520. The summed E-state index contributed by atoms with van der Waals surface area (Å²) >= 11 is 13.2. The number of nitrogens with one attached hydrogen (secondary N) is 1. The van der Waals surface area contributed by atoms with Crippen LogP contribution in [-0.4, -0.2) is 62.6 Å². The number of piperidine rings is 1. The second-order valence-electron chi connectivity index (χ2n) is 9.29. The van der Waals surface area contributed by atoms with E-state index < -0.39 is 28.6 Å². The van der Waals surface area contributed by atoms with Crippen molar-refractivity contribution < 1.29 is 32.6 Å². The highest BCUT2D eigenvalue weighted by Gasteiger charge is 2.29. The number of hydrogen-bond acceptors (Lipinski definition) is 8. The lowest BCUT2D eigenvalue weighted by molar-refractivity contribution is -0.139. The van der Waals surface area contributed by atoms with E-state index in [2.05, 4.69) is 5.32 Å². The minimum atomic E-state index is -3.51. The third-order valence-electron chi connectivity index (χ3n) is 6.48. The number of carboxylic acids is 1. The Morgan fingerprint density at radius 3 is 2.50 bits per heavy atom. The molecule has 1 aliphatic heterocycles. The fourth-order valence-corrected chi connectivity index (χ4v) is 7.54. The number of carbonyl (C=O) groups is 2. The highest BCUT2D eigenvalue weighted by Crippen LogP contribution is 2.42. The van der Waals surface area contributed by atoms with E-state index in [1.807, 2.05) is 24.3 Å². The number of thiophene rings is 1. The van der Waals surface area contributed by atoms with Crippen molar-refractivity contribution in [2.24, 2.45) is 0 Å². The molecule has 1 aromatic heterocycles. The summed E-state index contributed by atoms with van der Waals surface area (Å²) in [6, 6.07) is 12.5. The number of sulfonamides is 1. The van der Waals surface area contributed by atoms with Crippen LogP contribution in [0.2, 0.25) is 10.0 Å². The van der Waals surface area contributed by atoms with E-state index >= 15 is 0 Å². The highest BCUT2D eigenvalue weighted by molar-refractivity contribution is 7.88. The van der Waals surface area contributed by atoms with Crippen molar-refractivity contribution in [2.75, 3.05) is 32.1 Å². The number of esters is 1. The zero-order valence-corrected chi connectivity index (χ0v) is 24.9. The topological polar surface area (TPSA) is 122 Å². The molecule has 1 saturated heterocycles. The third-order valence-corrected chi connectivity index (χ3v) is 10.4. The maximum Gasteiger partial charge on any atom is 0.351 e. The lowest BCUT2D eigenvalue weighted by Crippen LogP contribution is -2.42. The van der Waals surface area contributed by atoms with Gasteiger partial charge < -0.3 is 19.9 Å².